The molecular weight excluding hydrogens is 288 g/mol. The number of hydrogen-bond acceptors (Lipinski definition) is 3. The van der Waals surface area contributed by atoms with Gasteiger partial charge in [0.05, 0.1) is 16.9 Å². The van der Waals surface area contributed by atoms with Crippen LogP contribution in [0.25, 0.3) is 5.69 Å². The number of carbonyl (C=O) groups is 1. The molecule has 1 amide bonds. The van der Waals surface area contributed by atoms with E-state index in [2.05, 4.69) is 15.4 Å². The Morgan fingerprint density at radius 3 is 2.70 bits per heavy atom. The van der Waals surface area contributed by atoms with Crippen molar-refractivity contribution >= 4 is 5.91 Å². The van der Waals surface area contributed by atoms with Gasteiger partial charge in [-0.1, -0.05) is 18.2 Å². The number of carbonyl (C=O) groups excluding carboxylic acids is 1. The van der Waals surface area contributed by atoms with E-state index in [0.29, 0.717) is 18.5 Å². The summed E-state index contributed by atoms with van der Waals surface area (Å²) in [4.78, 5) is 16.1. The quantitative estimate of drug-likeness (QED) is 0.788. The second-order valence-electron chi connectivity index (χ2n) is 5.28. The maximum atomic E-state index is 12.0. The van der Waals surface area contributed by atoms with Gasteiger partial charge < -0.3 is 5.32 Å². The van der Waals surface area contributed by atoms with Crippen LogP contribution in [0.4, 0.5) is 0 Å². The van der Waals surface area contributed by atoms with Gasteiger partial charge in [-0.2, -0.15) is 5.10 Å². The standard InChI is InChI=1S/C18H18N4O/c1-14-7-8-15(13-20-14)18(23)19-11-9-16-10-12-22(21-16)17-5-3-2-4-6-17/h2-8,10,12-13H,9,11H2,1H3,(H,19,23). The Hall–Kier alpha value is -2.95. The normalized spacial score (nSPS) is 10.5. The van der Waals surface area contributed by atoms with Crippen LogP contribution in [0, 0.1) is 6.92 Å². The molecule has 0 unspecified atom stereocenters. The third-order valence-electron chi connectivity index (χ3n) is 3.51. The van der Waals surface area contributed by atoms with Crippen molar-refractivity contribution in [3.8, 4) is 5.69 Å². The molecule has 0 radical (unpaired) electrons. The number of hydrogen-bond donors (Lipinski definition) is 1. The molecule has 0 aliphatic carbocycles. The van der Waals surface area contributed by atoms with E-state index in [1.54, 1.807) is 12.3 Å². The maximum Gasteiger partial charge on any atom is 0.252 e. The van der Waals surface area contributed by atoms with Gasteiger partial charge in [-0.15, -0.1) is 0 Å². The zero-order chi connectivity index (χ0) is 16.1. The second-order valence-corrected chi connectivity index (χ2v) is 5.28. The van der Waals surface area contributed by atoms with E-state index in [9.17, 15) is 4.79 Å². The zero-order valence-corrected chi connectivity index (χ0v) is 12.9. The molecule has 2 aromatic heterocycles. The molecule has 2 heterocycles. The van der Waals surface area contributed by atoms with E-state index in [0.717, 1.165) is 17.1 Å². The minimum Gasteiger partial charge on any atom is -0.352 e. The summed E-state index contributed by atoms with van der Waals surface area (Å²) >= 11 is 0. The average Bonchev–Trinajstić information content (AvgIpc) is 3.05. The smallest absolute Gasteiger partial charge is 0.252 e. The van der Waals surface area contributed by atoms with Crippen molar-refractivity contribution in [2.45, 2.75) is 13.3 Å². The second kappa shape index (κ2) is 6.87. The van der Waals surface area contributed by atoms with Gasteiger partial charge in [0, 0.05) is 31.1 Å². The Labute approximate surface area is 135 Å². The molecular formula is C18H18N4O. The van der Waals surface area contributed by atoms with E-state index < -0.39 is 0 Å². The summed E-state index contributed by atoms with van der Waals surface area (Å²) in [6.45, 7) is 2.43. The van der Waals surface area contributed by atoms with Gasteiger partial charge in [-0.05, 0) is 37.3 Å². The summed E-state index contributed by atoms with van der Waals surface area (Å²) in [6.07, 6.45) is 4.20. The van der Waals surface area contributed by atoms with Gasteiger partial charge in [-0.25, -0.2) is 4.68 Å². The molecule has 5 heteroatoms. The predicted molar refractivity (Wildman–Crippen MR) is 88.6 cm³/mol. The molecule has 23 heavy (non-hydrogen) atoms. The van der Waals surface area contributed by atoms with Crippen LogP contribution in [0.3, 0.4) is 0 Å². The number of rotatable bonds is 5. The number of aromatic nitrogens is 3. The first kappa shape index (κ1) is 15.0. The molecule has 0 saturated heterocycles. The Morgan fingerprint density at radius 1 is 1.13 bits per heavy atom. The fraction of sp³-hybridized carbons (Fsp3) is 0.167. The molecule has 3 aromatic rings. The molecule has 116 valence electrons. The van der Waals surface area contributed by atoms with E-state index in [1.807, 2.05) is 60.3 Å². The summed E-state index contributed by atoms with van der Waals surface area (Å²) in [6, 6.07) is 15.5. The molecule has 0 spiro atoms. The van der Waals surface area contributed by atoms with Gasteiger partial charge in [0.1, 0.15) is 0 Å². The molecule has 0 bridgehead atoms. The summed E-state index contributed by atoms with van der Waals surface area (Å²) < 4.78 is 1.83. The van der Waals surface area contributed by atoms with E-state index in [1.165, 1.54) is 0 Å². The van der Waals surface area contributed by atoms with Crippen LogP contribution < -0.4 is 5.32 Å². The maximum absolute atomic E-state index is 12.0. The largest absolute Gasteiger partial charge is 0.352 e. The average molecular weight is 306 g/mol. The highest BCUT2D eigenvalue weighted by atomic mass is 16.1. The van der Waals surface area contributed by atoms with Gasteiger partial charge in [0.15, 0.2) is 0 Å². The van der Waals surface area contributed by atoms with Crippen molar-refractivity contribution in [1.29, 1.82) is 0 Å². The minimum atomic E-state index is -0.111. The number of benzene rings is 1. The van der Waals surface area contributed by atoms with Crippen LogP contribution in [-0.2, 0) is 6.42 Å². The lowest BCUT2D eigenvalue weighted by molar-refractivity contribution is 0.0953. The SMILES string of the molecule is Cc1ccc(C(=O)NCCc2ccn(-c3ccccc3)n2)cn1. The van der Waals surface area contributed by atoms with Crippen LogP contribution in [0.5, 0.6) is 0 Å². The Balaban J connectivity index is 1.54. The topological polar surface area (TPSA) is 59.8 Å². The van der Waals surface area contributed by atoms with Crippen molar-refractivity contribution in [2.75, 3.05) is 6.54 Å². The molecule has 5 nitrogen and oxygen atoms in total. The van der Waals surface area contributed by atoms with Crippen LogP contribution in [0.1, 0.15) is 21.7 Å². The summed E-state index contributed by atoms with van der Waals surface area (Å²) in [5, 5.41) is 7.40. The summed E-state index contributed by atoms with van der Waals surface area (Å²) in [7, 11) is 0. The highest BCUT2D eigenvalue weighted by Gasteiger charge is 2.06. The fourth-order valence-corrected chi connectivity index (χ4v) is 2.23. The monoisotopic (exact) mass is 306 g/mol. The lowest BCUT2D eigenvalue weighted by atomic mass is 10.2. The van der Waals surface area contributed by atoms with Crippen molar-refractivity contribution < 1.29 is 4.79 Å². The van der Waals surface area contributed by atoms with Crippen LogP contribution in [0.2, 0.25) is 0 Å². The number of nitrogens with zero attached hydrogens (tertiary/aromatic N) is 3. The fourth-order valence-electron chi connectivity index (χ4n) is 2.23. The molecule has 3 rings (SSSR count). The Morgan fingerprint density at radius 2 is 1.96 bits per heavy atom. The molecule has 0 fully saturated rings. The number of para-hydroxylation sites is 1. The summed E-state index contributed by atoms with van der Waals surface area (Å²) in [5.74, 6) is -0.111. The lowest BCUT2D eigenvalue weighted by Crippen LogP contribution is -2.25. The molecule has 1 aromatic carbocycles. The first-order chi connectivity index (χ1) is 11.2. The van der Waals surface area contributed by atoms with Crippen LogP contribution in [-0.4, -0.2) is 27.2 Å². The van der Waals surface area contributed by atoms with E-state index >= 15 is 0 Å². The van der Waals surface area contributed by atoms with Crippen LogP contribution >= 0.6 is 0 Å². The van der Waals surface area contributed by atoms with Gasteiger partial charge in [0.25, 0.3) is 5.91 Å². The molecule has 1 N–H and O–H groups in total. The zero-order valence-electron chi connectivity index (χ0n) is 12.9. The van der Waals surface area contributed by atoms with Gasteiger partial charge in [-0.3, -0.25) is 9.78 Å². The number of amides is 1. The third-order valence-corrected chi connectivity index (χ3v) is 3.51. The third kappa shape index (κ3) is 3.83. The molecule has 0 aliphatic rings. The number of aryl methyl sites for hydroxylation is 1. The van der Waals surface area contributed by atoms with Crippen molar-refractivity contribution in [2.24, 2.45) is 0 Å². The first-order valence-electron chi connectivity index (χ1n) is 7.53. The highest BCUT2D eigenvalue weighted by Crippen LogP contribution is 2.07. The van der Waals surface area contributed by atoms with Crippen LogP contribution in [0.15, 0.2) is 60.9 Å². The molecule has 0 saturated carbocycles. The Kier molecular flexibility index (Phi) is 4.47. The Bertz CT molecular complexity index is 778. The van der Waals surface area contributed by atoms with Crippen molar-refractivity contribution in [3.63, 3.8) is 0 Å². The molecule has 0 atom stereocenters. The predicted octanol–water partition coefficient (Wildman–Crippen LogP) is 2.55. The highest BCUT2D eigenvalue weighted by molar-refractivity contribution is 5.93. The lowest BCUT2D eigenvalue weighted by Gasteiger charge is -2.04. The number of nitrogens with one attached hydrogen (secondary N) is 1. The minimum absolute atomic E-state index is 0.111. The van der Waals surface area contributed by atoms with E-state index in [-0.39, 0.29) is 5.91 Å². The summed E-state index contributed by atoms with van der Waals surface area (Å²) in [5.41, 5.74) is 3.43. The number of pyridine rings is 1. The van der Waals surface area contributed by atoms with Crippen molar-refractivity contribution in [1.82, 2.24) is 20.1 Å². The van der Waals surface area contributed by atoms with E-state index in [4.69, 9.17) is 0 Å². The van der Waals surface area contributed by atoms with Gasteiger partial charge >= 0.3 is 0 Å². The van der Waals surface area contributed by atoms with Crippen molar-refractivity contribution in [3.05, 3.63) is 77.9 Å². The first-order valence-corrected chi connectivity index (χ1v) is 7.53. The molecule has 0 aliphatic heterocycles. The van der Waals surface area contributed by atoms with Gasteiger partial charge in [0.2, 0.25) is 0 Å².